The number of aliphatic carboxylic acids is 1. The van der Waals surface area contributed by atoms with Crippen molar-refractivity contribution in [3.05, 3.63) is 59.7 Å². The first-order valence-electron chi connectivity index (χ1n) is 7.18. The van der Waals surface area contributed by atoms with Gasteiger partial charge in [-0.15, -0.1) is 0 Å². The third kappa shape index (κ3) is 5.03. The second-order valence-electron chi connectivity index (χ2n) is 5.38. The Kier molecular flexibility index (Phi) is 5.40. The van der Waals surface area contributed by atoms with Crippen LogP contribution in [-0.2, 0) is 21.2 Å². The molecule has 0 spiro atoms. The van der Waals surface area contributed by atoms with Crippen LogP contribution in [0, 0.1) is 0 Å². The van der Waals surface area contributed by atoms with Crippen LogP contribution in [0.5, 0.6) is 0 Å². The first kappa shape index (κ1) is 18.4. The van der Waals surface area contributed by atoms with Crippen molar-refractivity contribution in [3.8, 4) is 0 Å². The number of sulfonamides is 1. The number of anilines is 1. The zero-order valence-corrected chi connectivity index (χ0v) is 13.9. The standard InChI is InChI=1S/C16H17N3O5S/c17-12-5-1-10(2-6-12)9-14(16(21)22)19-15(20)11-3-7-13(8-4-11)25(18,23)24/h1-8,14H,9,17H2,(H,19,20)(H,21,22)(H2,18,23,24). The number of rotatable bonds is 6. The van der Waals surface area contributed by atoms with Gasteiger partial charge in [-0.25, -0.2) is 18.4 Å². The number of primary sulfonamides is 1. The van der Waals surface area contributed by atoms with Crippen molar-refractivity contribution in [1.29, 1.82) is 0 Å². The second kappa shape index (κ2) is 7.32. The Morgan fingerprint density at radius 1 is 1.04 bits per heavy atom. The van der Waals surface area contributed by atoms with Crippen molar-refractivity contribution >= 4 is 27.6 Å². The number of hydrogen-bond acceptors (Lipinski definition) is 5. The molecule has 2 rings (SSSR count). The Labute approximate surface area is 144 Å². The highest BCUT2D eigenvalue weighted by Crippen LogP contribution is 2.11. The molecular formula is C16H17N3O5S. The maximum atomic E-state index is 12.2. The van der Waals surface area contributed by atoms with Gasteiger partial charge in [0.25, 0.3) is 5.91 Å². The number of nitrogens with two attached hydrogens (primary N) is 2. The smallest absolute Gasteiger partial charge is 0.326 e. The molecule has 0 saturated carbocycles. The predicted octanol–water partition coefficient (Wildman–Crippen LogP) is 0.342. The summed E-state index contributed by atoms with van der Waals surface area (Å²) in [5.41, 5.74) is 6.95. The normalized spacial score (nSPS) is 12.4. The van der Waals surface area contributed by atoms with E-state index in [1.54, 1.807) is 24.3 Å². The minimum atomic E-state index is -3.86. The fourth-order valence-electron chi connectivity index (χ4n) is 2.13. The van der Waals surface area contributed by atoms with Crippen molar-refractivity contribution < 1.29 is 23.1 Å². The van der Waals surface area contributed by atoms with E-state index in [1.807, 2.05) is 0 Å². The molecule has 1 amide bonds. The van der Waals surface area contributed by atoms with Gasteiger partial charge in [-0.05, 0) is 42.0 Å². The zero-order chi connectivity index (χ0) is 18.6. The lowest BCUT2D eigenvalue weighted by atomic mass is 10.0. The molecule has 132 valence electrons. The summed E-state index contributed by atoms with van der Waals surface area (Å²) in [6.07, 6.45) is 0.0800. The van der Waals surface area contributed by atoms with Crippen LogP contribution in [0.1, 0.15) is 15.9 Å². The number of nitrogen functional groups attached to an aromatic ring is 1. The fourth-order valence-corrected chi connectivity index (χ4v) is 2.64. The van der Waals surface area contributed by atoms with Crippen molar-refractivity contribution in [3.63, 3.8) is 0 Å². The highest BCUT2D eigenvalue weighted by atomic mass is 32.2. The van der Waals surface area contributed by atoms with Gasteiger partial charge in [0.05, 0.1) is 4.90 Å². The van der Waals surface area contributed by atoms with Gasteiger partial charge in [0.2, 0.25) is 10.0 Å². The van der Waals surface area contributed by atoms with E-state index in [0.29, 0.717) is 11.3 Å². The lowest BCUT2D eigenvalue weighted by Crippen LogP contribution is -2.42. The summed E-state index contributed by atoms with van der Waals surface area (Å²) >= 11 is 0. The third-order valence-corrected chi connectivity index (χ3v) is 4.40. The molecule has 1 atom stereocenters. The number of carbonyl (C=O) groups is 2. The van der Waals surface area contributed by atoms with Crippen molar-refractivity contribution in [1.82, 2.24) is 5.32 Å². The average molecular weight is 363 g/mol. The summed E-state index contributed by atoms with van der Waals surface area (Å²) in [7, 11) is -3.86. The Balaban J connectivity index is 2.12. The molecule has 0 aromatic heterocycles. The highest BCUT2D eigenvalue weighted by Gasteiger charge is 2.21. The highest BCUT2D eigenvalue weighted by molar-refractivity contribution is 7.89. The van der Waals surface area contributed by atoms with Gasteiger partial charge in [-0.2, -0.15) is 0 Å². The fraction of sp³-hybridized carbons (Fsp3) is 0.125. The largest absolute Gasteiger partial charge is 0.480 e. The van der Waals surface area contributed by atoms with Crippen molar-refractivity contribution in [2.45, 2.75) is 17.4 Å². The van der Waals surface area contributed by atoms with Crippen LogP contribution in [0.3, 0.4) is 0 Å². The number of nitrogens with one attached hydrogen (secondary N) is 1. The molecule has 2 aromatic rings. The molecule has 6 N–H and O–H groups in total. The number of benzene rings is 2. The maximum absolute atomic E-state index is 12.2. The summed E-state index contributed by atoms with van der Waals surface area (Å²) in [6, 6.07) is 10.4. The topological polar surface area (TPSA) is 153 Å². The van der Waals surface area contributed by atoms with Gasteiger partial charge >= 0.3 is 5.97 Å². The number of carbonyl (C=O) groups excluding carboxylic acids is 1. The first-order chi connectivity index (χ1) is 11.7. The molecule has 25 heavy (non-hydrogen) atoms. The van der Waals surface area contributed by atoms with Crippen LogP contribution in [0.25, 0.3) is 0 Å². The van der Waals surface area contributed by atoms with E-state index in [2.05, 4.69) is 5.32 Å². The SMILES string of the molecule is Nc1ccc(CC(NC(=O)c2ccc(S(N)(=O)=O)cc2)C(=O)O)cc1. The Morgan fingerprint density at radius 3 is 2.08 bits per heavy atom. The van der Waals surface area contributed by atoms with Crippen LogP contribution in [0.2, 0.25) is 0 Å². The first-order valence-corrected chi connectivity index (χ1v) is 8.72. The quantitative estimate of drug-likeness (QED) is 0.543. The molecule has 8 nitrogen and oxygen atoms in total. The Bertz CT molecular complexity index is 877. The summed E-state index contributed by atoms with van der Waals surface area (Å²) < 4.78 is 22.4. The molecule has 1 unspecified atom stereocenters. The van der Waals surface area contributed by atoms with Crippen LogP contribution in [0.4, 0.5) is 5.69 Å². The zero-order valence-electron chi connectivity index (χ0n) is 13.0. The molecule has 0 heterocycles. The third-order valence-electron chi connectivity index (χ3n) is 3.47. The van der Waals surface area contributed by atoms with Crippen molar-refractivity contribution in [2.24, 2.45) is 5.14 Å². The maximum Gasteiger partial charge on any atom is 0.326 e. The van der Waals surface area contributed by atoms with Crippen LogP contribution in [0.15, 0.2) is 53.4 Å². The van der Waals surface area contributed by atoms with Crippen molar-refractivity contribution in [2.75, 3.05) is 5.73 Å². The van der Waals surface area contributed by atoms with E-state index >= 15 is 0 Å². The molecule has 0 aliphatic carbocycles. The number of amides is 1. The van der Waals surface area contributed by atoms with Gasteiger partial charge in [-0.1, -0.05) is 12.1 Å². The molecule has 0 radical (unpaired) electrons. The van der Waals surface area contributed by atoms with E-state index in [1.165, 1.54) is 24.3 Å². The van der Waals surface area contributed by atoms with E-state index < -0.39 is 27.9 Å². The van der Waals surface area contributed by atoms with E-state index in [0.717, 1.165) is 0 Å². The molecule has 9 heteroatoms. The lowest BCUT2D eigenvalue weighted by molar-refractivity contribution is -0.139. The number of carboxylic acid groups (broad SMARTS) is 1. The molecule has 0 aliphatic rings. The molecule has 0 aliphatic heterocycles. The van der Waals surface area contributed by atoms with E-state index in [4.69, 9.17) is 10.9 Å². The Hall–Kier alpha value is -2.91. The summed E-state index contributed by atoms with van der Waals surface area (Å²) in [5.74, 6) is -1.82. The number of hydrogen-bond donors (Lipinski definition) is 4. The van der Waals surface area contributed by atoms with Crippen LogP contribution < -0.4 is 16.2 Å². The van der Waals surface area contributed by atoms with E-state index in [-0.39, 0.29) is 16.9 Å². The average Bonchev–Trinajstić information content (AvgIpc) is 2.55. The summed E-state index contributed by atoms with van der Waals surface area (Å²) in [5, 5.41) is 16.7. The summed E-state index contributed by atoms with van der Waals surface area (Å²) in [6.45, 7) is 0. The van der Waals surface area contributed by atoms with Gasteiger partial charge in [0.15, 0.2) is 0 Å². The van der Waals surface area contributed by atoms with Crippen LogP contribution >= 0.6 is 0 Å². The summed E-state index contributed by atoms with van der Waals surface area (Å²) in [4.78, 5) is 23.4. The molecular weight excluding hydrogens is 346 g/mol. The minimum absolute atomic E-state index is 0.0800. The predicted molar refractivity (Wildman–Crippen MR) is 91.3 cm³/mol. The van der Waals surface area contributed by atoms with Gasteiger partial charge in [0, 0.05) is 17.7 Å². The van der Waals surface area contributed by atoms with Crippen LogP contribution in [-0.4, -0.2) is 31.4 Å². The van der Waals surface area contributed by atoms with Gasteiger partial charge < -0.3 is 16.2 Å². The second-order valence-corrected chi connectivity index (χ2v) is 6.94. The lowest BCUT2D eigenvalue weighted by Gasteiger charge is -2.15. The molecule has 0 saturated heterocycles. The minimum Gasteiger partial charge on any atom is -0.480 e. The molecule has 0 bridgehead atoms. The monoisotopic (exact) mass is 363 g/mol. The molecule has 0 fully saturated rings. The van der Waals surface area contributed by atoms with Gasteiger partial charge in [-0.3, -0.25) is 4.79 Å². The number of carboxylic acids is 1. The van der Waals surface area contributed by atoms with Gasteiger partial charge in [0.1, 0.15) is 6.04 Å². The molecule has 2 aromatic carbocycles. The van der Waals surface area contributed by atoms with E-state index in [9.17, 15) is 23.1 Å². The Morgan fingerprint density at radius 2 is 1.60 bits per heavy atom.